The van der Waals surface area contributed by atoms with Crippen LogP contribution < -0.4 is 0 Å². The third-order valence-electron chi connectivity index (χ3n) is 2.58. The standard InChI is InChI=1S/C10H14N3/c1-10(2,3)13-6-4-11-8-9(13)12-5-7-13/h4-8H,1-3H3/q+1. The summed E-state index contributed by atoms with van der Waals surface area (Å²) in [4.78, 5) is 8.39. The first-order chi connectivity index (χ1) is 6.06. The molecule has 13 heavy (non-hydrogen) atoms. The second-order valence-corrected chi connectivity index (χ2v) is 4.31. The van der Waals surface area contributed by atoms with Gasteiger partial charge in [-0.3, -0.25) is 4.99 Å². The third kappa shape index (κ3) is 1.00. The van der Waals surface area contributed by atoms with E-state index in [2.05, 4.69) is 43.2 Å². The molecule has 2 aliphatic rings. The number of nitrogens with zero attached hydrogens (tertiary/aromatic N) is 3. The van der Waals surface area contributed by atoms with Gasteiger partial charge in [0.1, 0.15) is 24.2 Å². The Morgan fingerprint density at radius 2 is 1.85 bits per heavy atom. The van der Waals surface area contributed by atoms with E-state index >= 15 is 0 Å². The van der Waals surface area contributed by atoms with Gasteiger partial charge in [0.15, 0.2) is 0 Å². The minimum Gasteiger partial charge on any atom is -0.251 e. The minimum absolute atomic E-state index is 0.0920. The molecule has 0 bridgehead atoms. The Balaban J connectivity index is 2.53. The Bertz CT molecular complexity index is 342. The molecule has 0 aromatic carbocycles. The fraction of sp³-hybridized carbons (Fsp3) is 0.400. The molecular formula is C10H14N3+. The van der Waals surface area contributed by atoms with Gasteiger partial charge in [-0.25, -0.2) is 4.48 Å². The molecule has 0 N–H and O–H groups in total. The maximum atomic E-state index is 4.30. The molecule has 1 unspecified atom stereocenters. The Labute approximate surface area is 78.4 Å². The van der Waals surface area contributed by atoms with E-state index in [-0.39, 0.29) is 5.54 Å². The lowest BCUT2D eigenvalue weighted by atomic mass is 10.0. The monoisotopic (exact) mass is 176 g/mol. The summed E-state index contributed by atoms with van der Waals surface area (Å²) >= 11 is 0. The Morgan fingerprint density at radius 1 is 1.15 bits per heavy atom. The van der Waals surface area contributed by atoms with Crippen molar-refractivity contribution in [2.75, 3.05) is 0 Å². The fourth-order valence-corrected chi connectivity index (χ4v) is 1.69. The zero-order chi connectivity index (χ0) is 9.53. The third-order valence-corrected chi connectivity index (χ3v) is 2.58. The van der Waals surface area contributed by atoms with Crippen molar-refractivity contribution in [1.82, 2.24) is 0 Å². The van der Waals surface area contributed by atoms with Gasteiger partial charge in [-0.05, 0) is 20.8 Å². The average molecular weight is 176 g/mol. The molecule has 0 fully saturated rings. The molecule has 0 aromatic heterocycles. The fourth-order valence-electron chi connectivity index (χ4n) is 1.69. The first-order valence-corrected chi connectivity index (χ1v) is 4.42. The van der Waals surface area contributed by atoms with Crippen molar-refractivity contribution in [3.05, 3.63) is 24.8 Å². The molecule has 0 spiro atoms. The van der Waals surface area contributed by atoms with Crippen LogP contribution in [0.4, 0.5) is 0 Å². The van der Waals surface area contributed by atoms with E-state index in [0.717, 1.165) is 5.84 Å². The summed E-state index contributed by atoms with van der Waals surface area (Å²) in [5.74, 6) is 0.995. The first kappa shape index (κ1) is 8.38. The van der Waals surface area contributed by atoms with Crippen molar-refractivity contribution < 1.29 is 4.48 Å². The van der Waals surface area contributed by atoms with Gasteiger partial charge in [0.2, 0.25) is 0 Å². The van der Waals surface area contributed by atoms with Crippen molar-refractivity contribution in [3.8, 4) is 0 Å². The van der Waals surface area contributed by atoms with Crippen LogP contribution in [0.25, 0.3) is 0 Å². The van der Waals surface area contributed by atoms with E-state index in [0.29, 0.717) is 4.48 Å². The van der Waals surface area contributed by atoms with Crippen LogP contribution in [0, 0.1) is 0 Å². The molecule has 2 aliphatic heterocycles. The summed E-state index contributed by atoms with van der Waals surface area (Å²) in [5, 5.41) is 0. The molecule has 68 valence electrons. The molecule has 0 aromatic rings. The zero-order valence-electron chi connectivity index (χ0n) is 8.23. The van der Waals surface area contributed by atoms with Gasteiger partial charge in [0.25, 0.3) is 5.84 Å². The molecule has 0 aliphatic carbocycles. The number of aliphatic imine (C=N–C) groups is 2. The highest BCUT2D eigenvalue weighted by molar-refractivity contribution is 6.27. The molecule has 0 saturated carbocycles. The second kappa shape index (κ2) is 2.39. The van der Waals surface area contributed by atoms with Gasteiger partial charge < -0.3 is 0 Å². The van der Waals surface area contributed by atoms with Gasteiger partial charge in [0, 0.05) is 0 Å². The molecule has 3 nitrogen and oxygen atoms in total. The lowest BCUT2D eigenvalue weighted by Crippen LogP contribution is -2.56. The van der Waals surface area contributed by atoms with E-state index < -0.39 is 0 Å². The number of rotatable bonds is 0. The van der Waals surface area contributed by atoms with Crippen LogP contribution in [0.1, 0.15) is 20.8 Å². The summed E-state index contributed by atoms with van der Waals surface area (Å²) in [6, 6.07) is 0. The normalized spacial score (nSPS) is 30.5. The Morgan fingerprint density at radius 3 is 2.46 bits per heavy atom. The van der Waals surface area contributed by atoms with Gasteiger partial charge in [0.05, 0.1) is 12.4 Å². The number of hydrogen-bond acceptors (Lipinski definition) is 2. The number of hydrogen-bond donors (Lipinski definition) is 0. The van der Waals surface area contributed by atoms with Crippen LogP contribution in [0.15, 0.2) is 34.8 Å². The first-order valence-electron chi connectivity index (χ1n) is 4.42. The largest absolute Gasteiger partial charge is 0.256 e. The maximum absolute atomic E-state index is 4.30. The van der Waals surface area contributed by atoms with E-state index in [9.17, 15) is 0 Å². The van der Waals surface area contributed by atoms with Crippen molar-refractivity contribution >= 4 is 12.1 Å². The van der Waals surface area contributed by atoms with Crippen molar-refractivity contribution in [2.45, 2.75) is 26.3 Å². The SMILES string of the molecule is CC(C)(C)[N+]12C=CN=CC1=NC=C2. The summed E-state index contributed by atoms with van der Waals surface area (Å²) < 4.78 is 0.677. The maximum Gasteiger partial charge on any atom is 0.256 e. The molecular weight excluding hydrogens is 162 g/mol. The number of quaternary nitrogens is 1. The topological polar surface area (TPSA) is 24.7 Å². The quantitative estimate of drug-likeness (QED) is 0.505. The molecule has 2 rings (SSSR count). The second-order valence-electron chi connectivity index (χ2n) is 4.31. The van der Waals surface area contributed by atoms with Crippen molar-refractivity contribution in [3.63, 3.8) is 0 Å². The lowest BCUT2D eigenvalue weighted by molar-refractivity contribution is -0.783. The van der Waals surface area contributed by atoms with E-state index in [1.54, 1.807) is 0 Å². The van der Waals surface area contributed by atoms with Gasteiger partial charge >= 0.3 is 0 Å². The Kier molecular flexibility index (Phi) is 1.54. The molecule has 0 amide bonds. The van der Waals surface area contributed by atoms with Crippen LogP contribution >= 0.6 is 0 Å². The molecule has 0 radical (unpaired) electrons. The average Bonchev–Trinajstić information content (AvgIpc) is 2.46. The van der Waals surface area contributed by atoms with Gasteiger partial charge in [-0.1, -0.05) is 0 Å². The predicted octanol–water partition coefficient (Wildman–Crippen LogP) is 2.04. The smallest absolute Gasteiger partial charge is 0.251 e. The van der Waals surface area contributed by atoms with E-state index in [1.807, 2.05) is 18.6 Å². The summed E-state index contributed by atoms with van der Waals surface area (Å²) in [7, 11) is 0. The molecule has 1 atom stereocenters. The molecule has 2 heterocycles. The van der Waals surface area contributed by atoms with Crippen LogP contribution in [-0.4, -0.2) is 22.1 Å². The number of amidine groups is 1. The highest BCUT2D eigenvalue weighted by Gasteiger charge is 2.44. The summed E-state index contributed by atoms with van der Waals surface area (Å²) in [6.07, 6.45) is 9.67. The van der Waals surface area contributed by atoms with E-state index in [1.165, 1.54) is 0 Å². The lowest BCUT2D eigenvalue weighted by Gasteiger charge is -2.39. The van der Waals surface area contributed by atoms with Crippen LogP contribution in [0.2, 0.25) is 0 Å². The highest BCUT2D eigenvalue weighted by atomic mass is 15.4. The molecule has 0 saturated heterocycles. The summed E-state index contributed by atoms with van der Waals surface area (Å²) in [5.41, 5.74) is 0.0920. The van der Waals surface area contributed by atoms with Crippen LogP contribution in [0.5, 0.6) is 0 Å². The van der Waals surface area contributed by atoms with Gasteiger partial charge in [-0.2, -0.15) is 4.99 Å². The predicted molar refractivity (Wildman–Crippen MR) is 54.2 cm³/mol. The van der Waals surface area contributed by atoms with Gasteiger partial charge in [-0.15, -0.1) is 0 Å². The minimum atomic E-state index is 0.0920. The van der Waals surface area contributed by atoms with E-state index in [4.69, 9.17) is 0 Å². The highest BCUT2D eigenvalue weighted by Crippen LogP contribution is 2.31. The number of fused-ring (bicyclic) bond motifs is 1. The zero-order valence-corrected chi connectivity index (χ0v) is 8.23. The van der Waals surface area contributed by atoms with Crippen molar-refractivity contribution in [2.24, 2.45) is 9.98 Å². The Hall–Kier alpha value is -1.22. The summed E-state index contributed by atoms with van der Waals surface area (Å²) in [6.45, 7) is 6.59. The van der Waals surface area contributed by atoms with Crippen molar-refractivity contribution in [1.29, 1.82) is 0 Å². The molecule has 3 heteroatoms. The van der Waals surface area contributed by atoms with Crippen LogP contribution in [0.3, 0.4) is 0 Å². The van der Waals surface area contributed by atoms with Crippen LogP contribution in [-0.2, 0) is 0 Å².